The Morgan fingerprint density at radius 2 is 2.12 bits per heavy atom. The third-order valence-corrected chi connectivity index (χ3v) is 4.35. The standard InChI is InChI=1S/C20H28N4O2/c1-4-21-10-11-22-20(26)13-24(5-2)19-9-6-16(12-15(19)3)18-8-7-17(14-25)23-18/h6-7,9,12,14,21H,4-5,8,10-11,13H2,1-3H3,(H,22,26). The van der Waals surface area contributed by atoms with Crippen LogP contribution in [0.1, 0.15) is 31.4 Å². The third-order valence-electron chi connectivity index (χ3n) is 4.35. The average Bonchev–Trinajstić information content (AvgIpc) is 3.13. The molecule has 0 aromatic heterocycles. The van der Waals surface area contributed by atoms with Crippen LogP contribution in [-0.4, -0.2) is 50.6 Å². The lowest BCUT2D eigenvalue weighted by molar-refractivity contribution is -0.119. The molecule has 0 radical (unpaired) electrons. The van der Waals surface area contributed by atoms with Gasteiger partial charge in [0.15, 0.2) is 6.29 Å². The monoisotopic (exact) mass is 356 g/mol. The molecule has 0 fully saturated rings. The van der Waals surface area contributed by atoms with Gasteiger partial charge in [-0.1, -0.05) is 13.0 Å². The van der Waals surface area contributed by atoms with Gasteiger partial charge in [0.1, 0.15) is 0 Å². The number of carbonyl (C=O) groups excluding carboxylic acids is 2. The van der Waals surface area contributed by atoms with Gasteiger partial charge in [-0.3, -0.25) is 9.59 Å². The second-order valence-corrected chi connectivity index (χ2v) is 6.23. The molecule has 0 unspecified atom stereocenters. The zero-order valence-corrected chi connectivity index (χ0v) is 15.8. The average molecular weight is 356 g/mol. The van der Waals surface area contributed by atoms with Crippen molar-refractivity contribution >= 4 is 23.6 Å². The molecule has 2 rings (SSSR count). The summed E-state index contributed by atoms with van der Waals surface area (Å²) in [6.45, 7) is 9.51. The van der Waals surface area contributed by atoms with Gasteiger partial charge in [0, 0.05) is 31.7 Å². The van der Waals surface area contributed by atoms with Crippen molar-refractivity contribution in [2.45, 2.75) is 27.2 Å². The summed E-state index contributed by atoms with van der Waals surface area (Å²) in [7, 11) is 0. The fourth-order valence-corrected chi connectivity index (χ4v) is 2.96. The molecule has 0 aliphatic carbocycles. The first kappa shape index (κ1) is 19.8. The molecule has 26 heavy (non-hydrogen) atoms. The first-order chi connectivity index (χ1) is 12.6. The van der Waals surface area contributed by atoms with Crippen LogP contribution in [0, 0.1) is 6.92 Å². The van der Waals surface area contributed by atoms with Crippen LogP contribution in [0.4, 0.5) is 5.69 Å². The number of aryl methyl sites for hydroxylation is 1. The van der Waals surface area contributed by atoms with E-state index in [-0.39, 0.29) is 5.91 Å². The molecule has 6 heteroatoms. The number of nitrogens with zero attached hydrogens (tertiary/aromatic N) is 2. The number of rotatable bonds is 10. The van der Waals surface area contributed by atoms with Crippen molar-refractivity contribution in [2.24, 2.45) is 4.99 Å². The van der Waals surface area contributed by atoms with E-state index in [0.717, 1.165) is 48.4 Å². The van der Waals surface area contributed by atoms with Crippen molar-refractivity contribution in [1.82, 2.24) is 10.6 Å². The van der Waals surface area contributed by atoms with Crippen LogP contribution in [0.2, 0.25) is 0 Å². The smallest absolute Gasteiger partial charge is 0.239 e. The van der Waals surface area contributed by atoms with Gasteiger partial charge in [-0.25, -0.2) is 4.99 Å². The number of likely N-dealkylation sites (N-methyl/N-ethyl adjacent to an activating group) is 2. The molecule has 1 aromatic carbocycles. The molecular formula is C20H28N4O2. The van der Waals surface area contributed by atoms with E-state index in [1.807, 2.05) is 39.0 Å². The summed E-state index contributed by atoms with van der Waals surface area (Å²) >= 11 is 0. The van der Waals surface area contributed by atoms with Gasteiger partial charge < -0.3 is 15.5 Å². The van der Waals surface area contributed by atoms with Crippen LogP contribution in [0.25, 0.3) is 0 Å². The van der Waals surface area contributed by atoms with Gasteiger partial charge in [0.25, 0.3) is 0 Å². The molecule has 1 aliphatic rings. The minimum absolute atomic E-state index is 0.0215. The van der Waals surface area contributed by atoms with Crippen molar-refractivity contribution in [2.75, 3.05) is 37.6 Å². The second-order valence-electron chi connectivity index (χ2n) is 6.23. The van der Waals surface area contributed by atoms with Crippen molar-refractivity contribution in [1.29, 1.82) is 0 Å². The molecule has 140 valence electrons. The van der Waals surface area contributed by atoms with Gasteiger partial charge in [0.05, 0.1) is 18.0 Å². The van der Waals surface area contributed by atoms with Crippen LogP contribution in [0.3, 0.4) is 0 Å². The van der Waals surface area contributed by atoms with E-state index in [1.165, 1.54) is 0 Å². The predicted octanol–water partition coefficient (Wildman–Crippen LogP) is 1.82. The molecule has 6 nitrogen and oxygen atoms in total. The minimum atomic E-state index is 0.0215. The van der Waals surface area contributed by atoms with Crippen molar-refractivity contribution in [3.8, 4) is 0 Å². The highest BCUT2D eigenvalue weighted by Crippen LogP contribution is 2.24. The number of benzene rings is 1. The van der Waals surface area contributed by atoms with Crippen molar-refractivity contribution < 1.29 is 9.59 Å². The lowest BCUT2D eigenvalue weighted by atomic mass is 10.0. The SMILES string of the molecule is CCNCCNC(=O)CN(CC)c1ccc(C2=NC(C=O)=CC2)cc1C. The molecule has 0 saturated carbocycles. The number of anilines is 1. The minimum Gasteiger partial charge on any atom is -0.362 e. The number of aliphatic imine (C=N–C) groups is 1. The van der Waals surface area contributed by atoms with Crippen LogP contribution in [0.5, 0.6) is 0 Å². The third kappa shape index (κ3) is 5.26. The van der Waals surface area contributed by atoms with Gasteiger partial charge in [-0.2, -0.15) is 0 Å². The Morgan fingerprint density at radius 1 is 1.31 bits per heavy atom. The number of hydrogen-bond donors (Lipinski definition) is 2. The summed E-state index contributed by atoms with van der Waals surface area (Å²) in [5.41, 5.74) is 4.55. The largest absolute Gasteiger partial charge is 0.362 e. The molecule has 0 spiro atoms. The van der Waals surface area contributed by atoms with Gasteiger partial charge in [-0.05, 0) is 49.7 Å². The van der Waals surface area contributed by atoms with E-state index in [1.54, 1.807) is 0 Å². The number of aldehydes is 1. The van der Waals surface area contributed by atoms with E-state index in [4.69, 9.17) is 0 Å². The first-order valence-corrected chi connectivity index (χ1v) is 9.15. The molecular weight excluding hydrogens is 328 g/mol. The number of nitrogens with one attached hydrogen (secondary N) is 2. The Bertz CT molecular complexity index is 710. The summed E-state index contributed by atoms with van der Waals surface area (Å²) < 4.78 is 0. The molecule has 1 amide bonds. The van der Waals surface area contributed by atoms with E-state index in [2.05, 4.69) is 26.6 Å². The van der Waals surface area contributed by atoms with Crippen LogP contribution >= 0.6 is 0 Å². The normalized spacial score (nSPS) is 13.2. The molecule has 1 aromatic rings. The fourth-order valence-electron chi connectivity index (χ4n) is 2.96. The maximum Gasteiger partial charge on any atom is 0.239 e. The Kier molecular flexibility index (Phi) is 7.53. The molecule has 2 N–H and O–H groups in total. The van der Waals surface area contributed by atoms with E-state index < -0.39 is 0 Å². The summed E-state index contributed by atoms with van der Waals surface area (Å²) in [5, 5.41) is 6.12. The zero-order valence-electron chi connectivity index (χ0n) is 15.8. The molecule has 0 saturated heterocycles. The Labute approximate surface area is 155 Å². The van der Waals surface area contributed by atoms with Crippen molar-refractivity contribution in [3.63, 3.8) is 0 Å². The van der Waals surface area contributed by atoms with E-state index in [9.17, 15) is 9.59 Å². The maximum atomic E-state index is 12.2. The quantitative estimate of drug-likeness (QED) is 0.495. The Morgan fingerprint density at radius 3 is 2.73 bits per heavy atom. The topological polar surface area (TPSA) is 73.8 Å². The summed E-state index contributed by atoms with van der Waals surface area (Å²) in [5.74, 6) is 0.0215. The van der Waals surface area contributed by atoms with Gasteiger partial charge in [0.2, 0.25) is 5.91 Å². The molecule has 0 atom stereocenters. The lowest BCUT2D eigenvalue weighted by Crippen LogP contribution is -2.40. The van der Waals surface area contributed by atoms with E-state index in [0.29, 0.717) is 25.2 Å². The fraction of sp³-hybridized carbons (Fsp3) is 0.450. The van der Waals surface area contributed by atoms with Crippen LogP contribution < -0.4 is 15.5 Å². The predicted molar refractivity (Wildman–Crippen MR) is 106 cm³/mol. The summed E-state index contributed by atoms with van der Waals surface area (Å²) in [4.78, 5) is 29.4. The maximum absolute atomic E-state index is 12.2. The lowest BCUT2D eigenvalue weighted by Gasteiger charge is -2.25. The molecule has 0 bridgehead atoms. The van der Waals surface area contributed by atoms with Gasteiger partial charge >= 0.3 is 0 Å². The highest BCUT2D eigenvalue weighted by atomic mass is 16.2. The second kappa shape index (κ2) is 9.87. The Hall–Kier alpha value is -2.47. The summed E-state index contributed by atoms with van der Waals surface area (Å²) in [6, 6.07) is 6.11. The van der Waals surface area contributed by atoms with E-state index >= 15 is 0 Å². The number of hydrogen-bond acceptors (Lipinski definition) is 5. The molecule has 1 aliphatic heterocycles. The summed E-state index contributed by atoms with van der Waals surface area (Å²) in [6.07, 6.45) is 3.29. The van der Waals surface area contributed by atoms with Crippen molar-refractivity contribution in [3.05, 3.63) is 41.1 Å². The molecule has 1 heterocycles. The first-order valence-electron chi connectivity index (χ1n) is 9.15. The van der Waals surface area contributed by atoms with Crippen LogP contribution in [-0.2, 0) is 9.59 Å². The van der Waals surface area contributed by atoms with Gasteiger partial charge in [-0.15, -0.1) is 0 Å². The highest BCUT2D eigenvalue weighted by Gasteiger charge is 2.15. The zero-order chi connectivity index (χ0) is 18.9. The highest BCUT2D eigenvalue weighted by molar-refractivity contribution is 6.06. The number of amides is 1. The number of allylic oxidation sites excluding steroid dienone is 2. The number of carbonyl (C=O) groups is 2. The Balaban J connectivity index is 2.02. The van der Waals surface area contributed by atoms with Crippen LogP contribution in [0.15, 0.2) is 35.0 Å².